The van der Waals surface area contributed by atoms with Crippen molar-refractivity contribution in [1.29, 1.82) is 0 Å². The summed E-state index contributed by atoms with van der Waals surface area (Å²) < 4.78 is 44.8. The molecule has 0 heterocycles. The van der Waals surface area contributed by atoms with Crippen molar-refractivity contribution in [2.75, 3.05) is 21.2 Å². The summed E-state index contributed by atoms with van der Waals surface area (Å²) in [4.78, 5) is 12.9. The smallest absolute Gasteiger partial charge is 0.251 e. The van der Waals surface area contributed by atoms with E-state index in [0.29, 0.717) is 6.42 Å². The minimum absolute atomic E-state index is 0.0863. The van der Waals surface area contributed by atoms with Crippen LogP contribution in [0.3, 0.4) is 0 Å². The number of nitrogens with zero attached hydrogens (tertiary/aromatic N) is 1. The summed E-state index contributed by atoms with van der Waals surface area (Å²) in [7, 11) is 0.394. The number of sulfonamides is 1. The normalized spacial score (nSPS) is 13.2. The van der Waals surface area contributed by atoms with E-state index in [0.717, 1.165) is 9.87 Å². The minimum atomic E-state index is -3.80. The quantitative estimate of drug-likeness (QED) is 0.712. The number of benzene rings is 2. The molecule has 2 aromatic rings. The molecular weight excluding hydrogens is 407 g/mol. The molecule has 6 nitrogen and oxygen atoms in total. The van der Waals surface area contributed by atoms with Gasteiger partial charge in [-0.15, -0.1) is 0 Å². The number of amides is 1. The van der Waals surface area contributed by atoms with Crippen LogP contribution in [0.2, 0.25) is 0 Å². The van der Waals surface area contributed by atoms with Gasteiger partial charge in [-0.3, -0.25) is 4.79 Å². The Labute approximate surface area is 178 Å². The number of halogens is 1. The molecule has 0 fully saturated rings. The van der Waals surface area contributed by atoms with Gasteiger partial charge in [-0.2, -0.15) is 0 Å². The molecule has 164 valence electrons. The summed E-state index contributed by atoms with van der Waals surface area (Å²) in [5.41, 5.74) is 0.859. The molecule has 0 saturated carbocycles. The van der Waals surface area contributed by atoms with E-state index in [1.54, 1.807) is 12.1 Å². The lowest BCUT2D eigenvalue weighted by molar-refractivity contribution is 0.0926. The maximum atomic E-state index is 13.3. The van der Waals surface area contributed by atoms with Crippen molar-refractivity contribution in [3.8, 4) is 5.75 Å². The summed E-state index contributed by atoms with van der Waals surface area (Å²) >= 11 is 0. The van der Waals surface area contributed by atoms with Crippen LogP contribution in [0.25, 0.3) is 0 Å². The number of hydrogen-bond acceptors (Lipinski definition) is 4. The lowest BCUT2D eigenvalue weighted by Gasteiger charge is -2.27. The maximum Gasteiger partial charge on any atom is 0.251 e. The van der Waals surface area contributed by atoms with E-state index in [1.807, 2.05) is 20.8 Å². The zero-order chi connectivity index (χ0) is 22.7. The van der Waals surface area contributed by atoms with Gasteiger partial charge in [-0.05, 0) is 47.7 Å². The molecule has 1 unspecified atom stereocenters. The molecule has 2 aromatic carbocycles. The molecule has 8 heteroatoms. The molecule has 1 amide bonds. The molecule has 0 radical (unpaired) electrons. The molecule has 1 atom stereocenters. The number of methoxy groups -OCH3 is 1. The van der Waals surface area contributed by atoms with Crippen LogP contribution in [0.15, 0.2) is 47.4 Å². The van der Waals surface area contributed by atoms with Crippen molar-refractivity contribution < 1.29 is 22.3 Å². The average Bonchev–Trinajstić information content (AvgIpc) is 2.66. The second kappa shape index (κ2) is 9.14. The Kier molecular flexibility index (Phi) is 7.26. The average molecular weight is 437 g/mol. The Bertz CT molecular complexity index is 997. The largest absolute Gasteiger partial charge is 0.495 e. The first-order chi connectivity index (χ1) is 13.8. The summed E-state index contributed by atoms with van der Waals surface area (Å²) in [5.74, 6) is -0.621. The van der Waals surface area contributed by atoms with Gasteiger partial charge in [0.1, 0.15) is 16.5 Å². The van der Waals surface area contributed by atoms with E-state index in [2.05, 4.69) is 5.32 Å². The first-order valence-electron chi connectivity index (χ1n) is 9.52. The van der Waals surface area contributed by atoms with Crippen LogP contribution in [-0.4, -0.2) is 39.8 Å². The second-order valence-corrected chi connectivity index (χ2v) is 10.6. The Morgan fingerprint density at radius 2 is 1.73 bits per heavy atom. The number of hydrogen-bond donors (Lipinski definition) is 1. The van der Waals surface area contributed by atoms with Gasteiger partial charge in [0.25, 0.3) is 5.91 Å². The van der Waals surface area contributed by atoms with E-state index in [9.17, 15) is 17.6 Å². The Balaban J connectivity index is 2.41. The predicted molar refractivity (Wildman–Crippen MR) is 115 cm³/mol. The zero-order valence-electron chi connectivity index (χ0n) is 18.2. The van der Waals surface area contributed by atoms with Crippen molar-refractivity contribution in [2.45, 2.75) is 38.1 Å². The topological polar surface area (TPSA) is 75.7 Å². The van der Waals surface area contributed by atoms with E-state index < -0.39 is 15.9 Å². The van der Waals surface area contributed by atoms with E-state index in [1.165, 1.54) is 51.5 Å². The standard InChI is InChI=1S/C22H29FN2O4S/c1-22(2,3)14-18(15-7-10-17(23)11-8-15)24-21(26)16-9-12-19(29-6)20(13-16)30(27,28)25(4)5/h7-13,18H,14H2,1-6H3,(H,24,26). The Hall–Kier alpha value is -2.45. The van der Waals surface area contributed by atoms with Gasteiger partial charge < -0.3 is 10.1 Å². The van der Waals surface area contributed by atoms with Gasteiger partial charge >= 0.3 is 0 Å². The second-order valence-electron chi connectivity index (χ2n) is 8.50. The number of rotatable bonds is 7. The van der Waals surface area contributed by atoms with Gasteiger partial charge in [0.2, 0.25) is 10.0 Å². The van der Waals surface area contributed by atoms with Gasteiger partial charge in [0.15, 0.2) is 0 Å². The monoisotopic (exact) mass is 436 g/mol. The highest BCUT2D eigenvalue weighted by atomic mass is 32.2. The van der Waals surface area contributed by atoms with Gasteiger partial charge in [-0.25, -0.2) is 17.1 Å². The molecule has 1 N–H and O–H groups in total. The highest BCUT2D eigenvalue weighted by molar-refractivity contribution is 7.89. The third-order valence-electron chi connectivity index (χ3n) is 4.58. The number of carbonyl (C=O) groups excluding carboxylic acids is 1. The SMILES string of the molecule is COc1ccc(C(=O)NC(CC(C)(C)C)c2ccc(F)cc2)cc1S(=O)(=O)N(C)C. The predicted octanol–water partition coefficient (Wildman–Crippen LogP) is 3.99. The van der Waals surface area contributed by atoms with Gasteiger partial charge in [0.05, 0.1) is 13.2 Å². The summed E-state index contributed by atoms with van der Waals surface area (Å²) in [6, 6.07) is 9.91. The molecule has 2 rings (SSSR count). The number of ether oxygens (including phenoxy) is 1. The minimum Gasteiger partial charge on any atom is -0.495 e. The van der Waals surface area contributed by atoms with Crippen LogP contribution >= 0.6 is 0 Å². The first-order valence-corrected chi connectivity index (χ1v) is 11.0. The first kappa shape index (κ1) is 23.8. The lowest BCUT2D eigenvalue weighted by Crippen LogP contribution is -2.31. The maximum absolute atomic E-state index is 13.3. The highest BCUT2D eigenvalue weighted by Crippen LogP contribution is 2.31. The van der Waals surface area contributed by atoms with Crippen LogP contribution in [0.5, 0.6) is 5.75 Å². The van der Waals surface area contributed by atoms with Crippen molar-refractivity contribution in [1.82, 2.24) is 9.62 Å². The molecule has 0 bridgehead atoms. The third-order valence-corrected chi connectivity index (χ3v) is 6.41. The van der Waals surface area contributed by atoms with Crippen molar-refractivity contribution in [3.05, 3.63) is 59.4 Å². The fourth-order valence-electron chi connectivity index (χ4n) is 3.02. The molecule has 0 aliphatic carbocycles. The fourth-order valence-corrected chi connectivity index (χ4v) is 4.09. The number of nitrogens with one attached hydrogen (secondary N) is 1. The van der Waals surface area contributed by atoms with E-state index in [4.69, 9.17) is 4.74 Å². The van der Waals surface area contributed by atoms with Crippen LogP contribution in [0, 0.1) is 11.2 Å². The van der Waals surface area contributed by atoms with Crippen LogP contribution in [0.1, 0.15) is 49.2 Å². The van der Waals surface area contributed by atoms with Gasteiger partial charge in [-0.1, -0.05) is 32.9 Å². The third kappa shape index (κ3) is 5.79. The summed E-state index contributed by atoms with van der Waals surface area (Å²) in [5, 5.41) is 2.96. The summed E-state index contributed by atoms with van der Waals surface area (Å²) in [6.07, 6.45) is 0.614. The van der Waals surface area contributed by atoms with E-state index in [-0.39, 0.29) is 33.5 Å². The number of carbonyl (C=O) groups is 1. The van der Waals surface area contributed by atoms with Gasteiger partial charge in [0, 0.05) is 19.7 Å². The highest BCUT2D eigenvalue weighted by Gasteiger charge is 2.26. The van der Waals surface area contributed by atoms with E-state index >= 15 is 0 Å². The van der Waals surface area contributed by atoms with Crippen molar-refractivity contribution in [2.24, 2.45) is 5.41 Å². The molecule has 0 aliphatic heterocycles. The molecule has 30 heavy (non-hydrogen) atoms. The zero-order valence-corrected chi connectivity index (χ0v) is 19.0. The molecule has 0 aliphatic rings. The molecule has 0 spiro atoms. The molecule has 0 aromatic heterocycles. The fraction of sp³-hybridized carbons (Fsp3) is 0.409. The lowest BCUT2D eigenvalue weighted by atomic mass is 9.85. The molecule has 0 saturated heterocycles. The summed E-state index contributed by atoms with van der Waals surface area (Å²) in [6.45, 7) is 6.14. The van der Waals surface area contributed by atoms with Crippen LogP contribution < -0.4 is 10.1 Å². The Morgan fingerprint density at radius 1 is 1.13 bits per heavy atom. The van der Waals surface area contributed by atoms with Crippen molar-refractivity contribution in [3.63, 3.8) is 0 Å². The molecular formula is C22H29FN2O4S. The van der Waals surface area contributed by atoms with Crippen LogP contribution in [-0.2, 0) is 10.0 Å². The van der Waals surface area contributed by atoms with Crippen molar-refractivity contribution >= 4 is 15.9 Å². The Morgan fingerprint density at radius 3 is 2.23 bits per heavy atom. The van der Waals surface area contributed by atoms with Crippen LogP contribution in [0.4, 0.5) is 4.39 Å².